The number of aromatic hydroxyl groups is 1. The van der Waals surface area contributed by atoms with Crippen LogP contribution in [0.5, 0.6) is 5.88 Å². The molecule has 2 heterocycles. The first-order valence-electron chi connectivity index (χ1n) is 6.47. The number of H-pyrrole nitrogens is 1. The maximum atomic E-state index is 12.9. The Bertz CT molecular complexity index is 676. The van der Waals surface area contributed by atoms with Crippen molar-refractivity contribution in [3.63, 3.8) is 0 Å². The molecule has 0 spiro atoms. The molecule has 1 aromatic heterocycles. The Morgan fingerprint density at radius 1 is 1.30 bits per heavy atom. The average molecular weight is 275 g/mol. The maximum absolute atomic E-state index is 12.9. The first-order chi connectivity index (χ1) is 9.65. The Hall–Kier alpha value is -2.21. The zero-order valence-corrected chi connectivity index (χ0v) is 10.7. The molecule has 0 amide bonds. The van der Waals surface area contributed by atoms with E-state index in [-0.39, 0.29) is 17.5 Å². The van der Waals surface area contributed by atoms with Gasteiger partial charge in [0.15, 0.2) is 0 Å². The van der Waals surface area contributed by atoms with E-state index in [9.17, 15) is 14.3 Å². The molecule has 1 aromatic carbocycles. The Balaban J connectivity index is 2.04. The normalized spacial score (nSPS) is 18.4. The van der Waals surface area contributed by atoms with Gasteiger partial charge in [0, 0.05) is 0 Å². The Kier molecular flexibility index (Phi) is 3.23. The number of rotatable bonds is 2. The van der Waals surface area contributed by atoms with Gasteiger partial charge in [-0.1, -0.05) is 12.1 Å². The molecule has 0 saturated carbocycles. The second-order valence-electron chi connectivity index (χ2n) is 4.81. The molecular formula is C14H14FN3O2. The SMILES string of the molecule is O=c1[nH]c(C2CCCN2)nc(O)c1-c1ccc(F)cc1. The second-order valence-corrected chi connectivity index (χ2v) is 4.81. The largest absolute Gasteiger partial charge is 0.493 e. The Labute approximate surface area is 114 Å². The number of nitrogens with one attached hydrogen (secondary N) is 2. The number of benzene rings is 1. The van der Waals surface area contributed by atoms with Gasteiger partial charge in [-0.15, -0.1) is 0 Å². The van der Waals surface area contributed by atoms with Crippen molar-refractivity contribution in [2.75, 3.05) is 6.54 Å². The van der Waals surface area contributed by atoms with E-state index in [1.54, 1.807) is 0 Å². The van der Waals surface area contributed by atoms with Crippen molar-refractivity contribution < 1.29 is 9.50 Å². The van der Waals surface area contributed by atoms with Gasteiger partial charge in [-0.25, -0.2) is 4.39 Å². The molecule has 20 heavy (non-hydrogen) atoms. The van der Waals surface area contributed by atoms with Crippen molar-refractivity contribution in [1.29, 1.82) is 0 Å². The molecule has 3 N–H and O–H groups in total. The predicted molar refractivity (Wildman–Crippen MR) is 71.9 cm³/mol. The summed E-state index contributed by atoms with van der Waals surface area (Å²) in [6.07, 6.45) is 1.88. The molecule has 1 aliphatic rings. The third kappa shape index (κ3) is 2.30. The minimum Gasteiger partial charge on any atom is -0.493 e. The summed E-state index contributed by atoms with van der Waals surface area (Å²) in [6.45, 7) is 0.870. The minimum absolute atomic E-state index is 0.0316. The summed E-state index contributed by atoms with van der Waals surface area (Å²) in [4.78, 5) is 18.9. The van der Waals surface area contributed by atoms with Crippen molar-refractivity contribution in [1.82, 2.24) is 15.3 Å². The average Bonchev–Trinajstić information content (AvgIpc) is 2.94. The van der Waals surface area contributed by atoms with E-state index in [0.29, 0.717) is 11.4 Å². The van der Waals surface area contributed by atoms with Crippen LogP contribution < -0.4 is 10.9 Å². The molecule has 0 aliphatic carbocycles. The van der Waals surface area contributed by atoms with Gasteiger partial charge in [0.1, 0.15) is 17.2 Å². The smallest absolute Gasteiger partial charge is 0.262 e. The highest BCUT2D eigenvalue weighted by Gasteiger charge is 2.21. The third-order valence-electron chi connectivity index (χ3n) is 3.44. The highest BCUT2D eigenvalue weighted by Crippen LogP contribution is 2.26. The lowest BCUT2D eigenvalue weighted by Crippen LogP contribution is -2.21. The van der Waals surface area contributed by atoms with Crippen LogP contribution in [-0.2, 0) is 0 Å². The van der Waals surface area contributed by atoms with E-state index in [0.717, 1.165) is 19.4 Å². The first kappa shape index (κ1) is 12.8. The van der Waals surface area contributed by atoms with E-state index in [1.165, 1.54) is 24.3 Å². The molecule has 0 bridgehead atoms. The van der Waals surface area contributed by atoms with Crippen LogP contribution >= 0.6 is 0 Å². The van der Waals surface area contributed by atoms with Gasteiger partial charge in [-0.2, -0.15) is 4.98 Å². The standard InChI is InChI=1S/C14H14FN3O2/c15-9-5-3-8(4-6-9)11-13(19)17-12(18-14(11)20)10-2-1-7-16-10/h3-6,10,16H,1-2,7H2,(H2,17,18,19,20). The van der Waals surface area contributed by atoms with E-state index in [2.05, 4.69) is 15.3 Å². The number of nitrogens with zero attached hydrogens (tertiary/aromatic N) is 1. The van der Waals surface area contributed by atoms with E-state index in [1.807, 2.05) is 0 Å². The molecule has 1 atom stereocenters. The Morgan fingerprint density at radius 3 is 2.65 bits per heavy atom. The maximum Gasteiger partial charge on any atom is 0.262 e. The summed E-state index contributed by atoms with van der Waals surface area (Å²) < 4.78 is 12.9. The lowest BCUT2D eigenvalue weighted by molar-refractivity contribution is 0.444. The molecule has 1 fully saturated rings. The van der Waals surface area contributed by atoms with Crippen molar-refractivity contribution in [2.24, 2.45) is 0 Å². The number of halogens is 1. The summed E-state index contributed by atoms with van der Waals surface area (Å²) in [6, 6.07) is 5.32. The fourth-order valence-electron chi connectivity index (χ4n) is 2.44. The van der Waals surface area contributed by atoms with Gasteiger partial charge >= 0.3 is 0 Å². The molecule has 0 radical (unpaired) electrons. The van der Waals surface area contributed by atoms with Gasteiger partial charge in [0.2, 0.25) is 5.88 Å². The van der Waals surface area contributed by atoms with Crippen LogP contribution in [0.2, 0.25) is 0 Å². The zero-order chi connectivity index (χ0) is 14.1. The number of aromatic amines is 1. The van der Waals surface area contributed by atoms with Crippen LogP contribution in [0.4, 0.5) is 4.39 Å². The number of hydrogen-bond acceptors (Lipinski definition) is 4. The molecule has 2 aromatic rings. The summed E-state index contributed by atoms with van der Waals surface area (Å²) >= 11 is 0. The number of hydrogen-bond donors (Lipinski definition) is 3. The highest BCUT2D eigenvalue weighted by atomic mass is 19.1. The van der Waals surface area contributed by atoms with E-state index >= 15 is 0 Å². The highest BCUT2D eigenvalue weighted by molar-refractivity contribution is 5.67. The zero-order valence-electron chi connectivity index (χ0n) is 10.7. The minimum atomic E-state index is -0.423. The first-order valence-corrected chi connectivity index (χ1v) is 6.47. The molecule has 3 rings (SSSR count). The van der Waals surface area contributed by atoms with Gasteiger partial charge in [-0.05, 0) is 37.1 Å². The van der Waals surface area contributed by atoms with Crippen LogP contribution in [-0.4, -0.2) is 21.6 Å². The van der Waals surface area contributed by atoms with Gasteiger partial charge in [0.05, 0.1) is 6.04 Å². The summed E-state index contributed by atoms with van der Waals surface area (Å²) in [5.74, 6) is -0.288. The molecule has 1 saturated heterocycles. The molecule has 5 nitrogen and oxygen atoms in total. The quantitative estimate of drug-likeness (QED) is 0.779. The Morgan fingerprint density at radius 2 is 2.05 bits per heavy atom. The number of aromatic nitrogens is 2. The van der Waals surface area contributed by atoms with Crippen molar-refractivity contribution >= 4 is 0 Å². The van der Waals surface area contributed by atoms with Gasteiger partial charge in [0.25, 0.3) is 5.56 Å². The fraction of sp³-hybridized carbons (Fsp3) is 0.286. The predicted octanol–water partition coefficient (Wildman–Crippen LogP) is 1.71. The lowest BCUT2D eigenvalue weighted by atomic mass is 10.1. The van der Waals surface area contributed by atoms with Gasteiger partial charge in [-0.3, -0.25) is 4.79 Å². The van der Waals surface area contributed by atoms with Crippen molar-refractivity contribution in [3.05, 3.63) is 46.3 Å². The van der Waals surface area contributed by atoms with Crippen LogP contribution in [0.25, 0.3) is 11.1 Å². The third-order valence-corrected chi connectivity index (χ3v) is 3.44. The monoisotopic (exact) mass is 275 g/mol. The lowest BCUT2D eigenvalue weighted by Gasteiger charge is -2.11. The van der Waals surface area contributed by atoms with Crippen LogP contribution in [0.1, 0.15) is 24.7 Å². The summed E-state index contributed by atoms with van der Waals surface area (Å²) in [5.41, 5.74) is 0.0723. The van der Waals surface area contributed by atoms with Crippen molar-refractivity contribution in [3.8, 4) is 17.0 Å². The molecule has 1 unspecified atom stereocenters. The van der Waals surface area contributed by atoms with Crippen molar-refractivity contribution in [2.45, 2.75) is 18.9 Å². The van der Waals surface area contributed by atoms with Gasteiger partial charge < -0.3 is 15.4 Å². The van der Waals surface area contributed by atoms with Crippen LogP contribution in [0, 0.1) is 5.82 Å². The second kappa shape index (κ2) is 5.05. The molecule has 1 aliphatic heterocycles. The molecule has 104 valence electrons. The topological polar surface area (TPSA) is 78.0 Å². The molecular weight excluding hydrogens is 261 g/mol. The van der Waals surface area contributed by atoms with E-state index in [4.69, 9.17) is 0 Å². The van der Waals surface area contributed by atoms with E-state index < -0.39 is 11.4 Å². The van der Waals surface area contributed by atoms with Crippen LogP contribution in [0.3, 0.4) is 0 Å². The summed E-state index contributed by atoms with van der Waals surface area (Å²) in [5, 5.41) is 13.2. The molecule has 6 heteroatoms. The fourth-order valence-corrected chi connectivity index (χ4v) is 2.44. The van der Waals surface area contributed by atoms with Crippen LogP contribution in [0.15, 0.2) is 29.1 Å². The summed E-state index contributed by atoms with van der Waals surface area (Å²) in [7, 11) is 0.